The number of hydrogen-bond acceptors (Lipinski definition) is 2. The van der Waals surface area contributed by atoms with Crippen molar-refractivity contribution in [3.63, 3.8) is 0 Å². The Labute approximate surface area is 151 Å². The molecule has 0 saturated heterocycles. The van der Waals surface area contributed by atoms with Crippen molar-refractivity contribution in [2.24, 2.45) is 0 Å². The zero-order valence-corrected chi connectivity index (χ0v) is 15.8. The van der Waals surface area contributed by atoms with Crippen LogP contribution in [0.5, 0.6) is 5.75 Å². The summed E-state index contributed by atoms with van der Waals surface area (Å²) >= 11 is 0. The molecule has 1 amide bonds. The molecule has 0 atom stereocenters. The molecule has 3 heteroatoms. The molecule has 2 aromatic carbocycles. The van der Waals surface area contributed by atoms with Crippen molar-refractivity contribution in [3.05, 3.63) is 65.2 Å². The van der Waals surface area contributed by atoms with Crippen molar-refractivity contribution in [1.82, 2.24) is 5.32 Å². The SMILES string of the molecule is Cc1ccc(CCCNC(=O)COc2ccccc2C(C)(C)C)cc1. The number of rotatable bonds is 7. The molecule has 1 N–H and O–H groups in total. The third-order valence-corrected chi connectivity index (χ3v) is 4.14. The fraction of sp³-hybridized carbons (Fsp3) is 0.409. The molecule has 2 aromatic rings. The van der Waals surface area contributed by atoms with E-state index in [0.29, 0.717) is 6.54 Å². The summed E-state index contributed by atoms with van der Waals surface area (Å²) in [6, 6.07) is 16.4. The van der Waals surface area contributed by atoms with Crippen molar-refractivity contribution < 1.29 is 9.53 Å². The lowest BCUT2D eigenvalue weighted by Crippen LogP contribution is -2.30. The number of aryl methyl sites for hydroxylation is 2. The van der Waals surface area contributed by atoms with Crippen LogP contribution in [-0.2, 0) is 16.6 Å². The lowest BCUT2D eigenvalue weighted by atomic mass is 9.86. The Kier molecular flexibility index (Phi) is 6.63. The highest BCUT2D eigenvalue weighted by Crippen LogP contribution is 2.30. The average molecular weight is 339 g/mol. The second-order valence-corrected chi connectivity index (χ2v) is 7.47. The lowest BCUT2D eigenvalue weighted by molar-refractivity contribution is -0.123. The summed E-state index contributed by atoms with van der Waals surface area (Å²) in [4.78, 5) is 12.0. The third-order valence-electron chi connectivity index (χ3n) is 4.14. The molecule has 0 aliphatic rings. The first-order valence-electron chi connectivity index (χ1n) is 8.91. The highest BCUT2D eigenvalue weighted by molar-refractivity contribution is 5.77. The molecule has 0 aliphatic heterocycles. The van der Waals surface area contributed by atoms with Gasteiger partial charge in [0.25, 0.3) is 5.91 Å². The Morgan fingerprint density at radius 3 is 2.40 bits per heavy atom. The van der Waals surface area contributed by atoms with E-state index in [2.05, 4.69) is 63.3 Å². The van der Waals surface area contributed by atoms with Crippen LogP contribution in [0.25, 0.3) is 0 Å². The Balaban J connectivity index is 1.73. The quantitative estimate of drug-likeness (QED) is 0.758. The Bertz CT molecular complexity index is 684. The Morgan fingerprint density at radius 2 is 1.72 bits per heavy atom. The lowest BCUT2D eigenvalue weighted by Gasteiger charge is -2.22. The Morgan fingerprint density at radius 1 is 1.04 bits per heavy atom. The van der Waals surface area contributed by atoms with Crippen LogP contribution in [0.4, 0.5) is 0 Å². The smallest absolute Gasteiger partial charge is 0.257 e. The predicted molar refractivity (Wildman–Crippen MR) is 103 cm³/mol. The second-order valence-electron chi connectivity index (χ2n) is 7.47. The van der Waals surface area contributed by atoms with Gasteiger partial charge in [0, 0.05) is 6.54 Å². The van der Waals surface area contributed by atoms with Crippen molar-refractivity contribution in [3.8, 4) is 5.75 Å². The zero-order valence-electron chi connectivity index (χ0n) is 15.8. The number of ether oxygens (including phenoxy) is 1. The number of benzene rings is 2. The number of amides is 1. The Hall–Kier alpha value is -2.29. The standard InChI is InChI=1S/C22H29NO2/c1-17-11-13-18(14-12-17)8-7-15-23-21(24)16-25-20-10-6-5-9-19(20)22(2,3)4/h5-6,9-14H,7-8,15-16H2,1-4H3,(H,23,24). The summed E-state index contributed by atoms with van der Waals surface area (Å²) in [7, 11) is 0. The first-order valence-corrected chi connectivity index (χ1v) is 8.91. The van der Waals surface area contributed by atoms with Gasteiger partial charge in [-0.3, -0.25) is 4.79 Å². The first-order chi connectivity index (χ1) is 11.9. The van der Waals surface area contributed by atoms with E-state index >= 15 is 0 Å². The van der Waals surface area contributed by atoms with Gasteiger partial charge in [-0.2, -0.15) is 0 Å². The maximum Gasteiger partial charge on any atom is 0.257 e. The predicted octanol–water partition coefficient (Wildman–Crippen LogP) is 4.42. The molecular formula is C22H29NO2. The summed E-state index contributed by atoms with van der Waals surface area (Å²) < 4.78 is 5.74. The van der Waals surface area contributed by atoms with E-state index in [-0.39, 0.29) is 17.9 Å². The number of hydrogen-bond donors (Lipinski definition) is 1. The molecule has 0 fully saturated rings. The van der Waals surface area contributed by atoms with E-state index in [4.69, 9.17) is 4.74 Å². The summed E-state index contributed by atoms with van der Waals surface area (Å²) in [6.07, 6.45) is 1.89. The minimum absolute atomic E-state index is 0.0128. The van der Waals surface area contributed by atoms with Crippen LogP contribution in [0.2, 0.25) is 0 Å². The molecule has 0 heterocycles. The average Bonchev–Trinajstić information content (AvgIpc) is 2.58. The molecule has 25 heavy (non-hydrogen) atoms. The molecule has 0 spiro atoms. The van der Waals surface area contributed by atoms with Crippen molar-refractivity contribution >= 4 is 5.91 Å². The van der Waals surface area contributed by atoms with E-state index in [1.165, 1.54) is 11.1 Å². The van der Waals surface area contributed by atoms with Gasteiger partial charge < -0.3 is 10.1 Å². The van der Waals surface area contributed by atoms with Crippen LogP contribution in [0.3, 0.4) is 0 Å². The van der Waals surface area contributed by atoms with Crippen molar-refractivity contribution in [2.45, 2.75) is 46.0 Å². The number of carbonyl (C=O) groups is 1. The van der Waals surface area contributed by atoms with E-state index in [0.717, 1.165) is 24.2 Å². The van der Waals surface area contributed by atoms with Crippen molar-refractivity contribution in [2.75, 3.05) is 13.2 Å². The van der Waals surface area contributed by atoms with Gasteiger partial charge in [-0.15, -0.1) is 0 Å². The fourth-order valence-corrected chi connectivity index (χ4v) is 2.68. The monoisotopic (exact) mass is 339 g/mol. The molecular weight excluding hydrogens is 310 g/mol. The minimum Gasteiger partial charge on any atom is -0.483 e. The van der Waals surface area contributed by atoms with E-state index in [9.17, 15) is 4.79 Å². The molecule has 0 aromatic heterocycles. The molecule has 0 bridgehead atoms. The summed E-state index contributed by atoms with van der Waals surface area (Å²) in [6.45, 7) is 9.22. The maximum atomic E-state index is 12.0. The van der Waals surface area contributed by atoms with Crippen LogP contribution in [-0.4, -0.2) is 19.1 Å². The summed E-state index contributed by atoms with van der Waals surface area (Å²) in [5, 5.41) is 2.93. The van der Waals surface area contributed by atoms with Crippen LogP contribution in [0.15, 0.2) is 48.5 Å². The van der Waals surface area contributed by atoms with E-state index in [1.54, 1.807) is 0 Å². The van der Waals surface area contributed by atoms with Gasteiger partial charge in [0.1, 0.15) is 5.75 Å². The molecule has 2 rings (SSSR count). The van der Waals surface area contributed by atoms with E-state index < -0.39 is 0 Å². The van der Waals surface area contributed by atoms with Gasteiger partial charge in [-0.05, 0) is 42.4 Å². The molecule has 0 aliphatic carbocycles. The topological polar surface area (TPSA) is 38.3 Å². The first kappa shape index (κ1) is 19.0. The van der Waals surface area contributed by atoms with Gasteiger partial charge in [-0.1, -0.05) is 68.8 Å². The van der Waals surface area contributed by atoms with Crippen LogP contribution in [0.1, 0.15) is 43.9 Å². The molecule has 0 unspecified atom stereocenters. The number of para-hydroxylation sites is 1. The third kappa shape index (κ3) is 6.26. The highest BCUT2D eigenvalue weighted by atomic mass is 16.5. The molecule has 0 radical (unpaired) electrons. The minimum atomic E-state index is -0.0763. The summed E-state index contributed by atoms with van der Waals surface area (Å²) in [5.74, 6) is 0.706. The number of carbonyl (C=O) groups excluding carboxylic acids is 1. The van der Waals surface area contributed by atoms with Gasteiger partial charge in [0.2, 0.25) is 0 Å². The fourth-order valence-electron chi connectivity index (χ4n) is 2.68. The van der Waals surface area contributed by atoms with Crippen molar-refractivity contribution in [1.29, 1.82) is 0 Å². The van der Waals surface area contributed by atoms with Gasteiger partial charge in [0.05, 0.1) is 0 Å². The van der Waals surface area contributed by atoms with Gasteiger partial charge in [-0.25, -0.2) is 0 Å². The maximum absolute atomic E-state index is 12.0. The number of nitrogens with one attached hydrogen (secondary N) is 1. The largest absolute Gasteiger partial charge is 0.483 e. The highest BCUT2D eigenvalue weighted by Gasteiger charge is 2.18. The summed E-state index contributed by atoms with van der Waals surface area (Å²) in [5.41, 5.74) is 3.67. The van der Waals surface area contributed by atoms with Crippen LogP contribution < -0.4 is 10.1 Å². The van der Waals surface area contributed by atoms with Gasteiger partial charge >= 0.3 is 0 Å². The molecule has 3 nitrogen and oxygen atoms in total. The van der Waals surface area contributed by atoms with Gasteiger partial charge in [0.15, 0.2) is 6.61 Å². The van der Waals surface area contributed by atoms with Crippen LogP contribution >= 0.6 is 0 Å². The normalized spacial score (nSPS) is 11.2. The van der Waals surface area contributed by atoms with E-state index in [1.807, 2.05) is 18.2 Å². The van der Waals surface area contributed by atoms with Crippen LogP contribution in [0, 0.1) is 6.92 Å². The second kappa shape index (κ2) is 8.70. The molecule has 0 saturated carbocycles. The zero-order chi connectivity index (χ0) is 18.3. The molecule has 134 valence electrons.